The van der Waals surface area contributed by atoms with Crippen LogP contribution in [0, 0.1) is 0 Å². The second kappa shape index (κ2) is 8.48. The minimum absolute atomic E-state index is 0.223. The van der Waals surface area contributed by atoms with Crippen molar-refractivity contribution < 1.29 is 4.79 Å². The highest BCUT2D eigenvalue weighted by Gasteiger charge is 2.06. The number of rotatable bonds is 6. The second-order valence-corrected chi connectivity index (χ2v) is 5.79. The molecule has 0 aliphatic carbocycles. The summed E-state index contributed by atoms with van der Waals surface area (Å²) in [5.41, 5.74) is 5.16. The third kappa shape index (κ3) is 4.66. The van der Waals surface area contributed by atoms with E-state index in [4.69, 9.17) is 0 Å². The van der Waals surface area contributed by atoms with Crippen molar-refractivity contribution in [3.05, 3.63) is 64.1 Å². The lowest BCUT2D eigenvalue weighted by Crippen LogP contribution is -2.22. The highest BCUT2D eigenvalue weighted by Crippen LogP contribution is 2.15. The van der Waals surface area contributed by atoms with Crippen LogP contribution in [0.15, 0.2) is 58.1 Å². The van der Waals surface area contributed by atoms with Crippen LogP contribution in [0.4, 0.5) is 5.69 Å². The summed E-state index contributed by atoms with van der Waals surface area (Å²) in [5.74, 6) is -0.223. The van der Waals surface area contributed by atoms with Gasteiger partial charge >= 0.3 is 0 Å². The standard InChI is InChI=1S/C18H20BrN3O/c1-3-22(4-2)16-11-9-14(10-12-16)18(23)21-20-13-15-7-5-6-8-17(15)19/h5-13H,3-4H2,1-2H3,(H,21,23)/b20-13-. The number of nitrogens with one attached hydrogen (secondary N) is 1. The van der Waals surface area contributed by atoms with Crippen molar-refractivity contribution in [3.63, 3.8) is 0 Å². The fraction of sp³-hybridized carbons (Fsp3) is 0.222. The number of hydrazone groups is 1. The van der Waals surface area contributed by atoms with Gasteiger partial charge in [-0.15, -0.1) is 0 Å². The molecule has 0 atom stereocenters. The molecule has 0 fully saturated rings. The molecule has 23 heavy (non-hydrogen) atoms. The van der Waals surface area contributed by atoms with Gasteiger partial charge in [-0.3, -0.25) is 4.79 Å². The average Bonchev–Trinajstić information content (AvgIpc) is 2.58. The van der Waals surface area contributed by atoms with Crippen LogP contribution >= 0.6 is 15.9 Å². The summed E-state index contributed by atoms with van der Waals surface area (Å²) < 4.78 is 0.932. The summed E-state index contributed by atoms with van der Waals surface area (Å²) in [4.78, 5) is 14.3. The molecule has 0 spiro atoms. The van der Waals surface area contributed by atoms with Crippen LogP contribution in [0.3, 0.4) is 0 Å². The maximum Gasteiger partial charge on any atom is 0.271 e. The molecule has 0 saturated carbocycles. The molecule has 0 aliphatic heterocycles. The van der Waals surface area contributed by atoms with Gasteiger partial charge in [0.1, 0.15) is 0 Å². The zero-order chi connectivity index (χ0) is 16.7. The summed E-state index contributed by atoms with van der Waals surface area (Å²) in [5, 5.41) is 4.00. The molecule has 0 bridgehead atoms. The van der Waals surface area contributed by atoms with Crippen molar-refractivity contribution in [1.29, 1.82) is 0 Å². The van der Waals surface area contributed by atoms with Crippen molar-refractivity contribution in [3.8, 4) is 0 Å². The minimum atomic E-state index is -0.223. The third-order valence-corrected chi connectivity index (χ3v) is 4.26. The third-order valence-electron chi connectivity index (χ3n) is 3.53. The van der Waals surface area contributed by atoms with E-state index in [1.807, 2.05) is 48.5 Å². The maximum absolute atomic E-state index is 12.1. The Bertz CT molecular complexity index is 679. The van der Waals surface area contributed by atoms with Crippen LogP contribution in [-0.2, 0) is 0 Å². The summed E-state index contributed by atoms with van der Waals surface area (Å²) in [6.45, 7) is 6.11. The van der Waals surface area contributed by atoms with E-state index in [1.54, 1.807) is 6.21 Å². The maximum atomic E-state index is 12.1. The van der Waals surface area contributed by atoms with Crippen LogP contribution in [0.25, 0.3) is 0 Å². The Morgan fingerprint density at radius 3 is 2.39 bits per heavy atom. The van der Waals surface area contributed by atoms with Gasteiger partial charge in [-0.2, -0.15) is 5.10 Å². The van der Waals surface area contributed by atoms with Crippen molar-refractivity contribution in [2.45, 2.75) is 13.8 Å². The van der Waals surface area contributed by atoms with Crippen LogP contribution < -0.4 is 10.3 Å². The van der Waals surface area contributed by atoms with Crippen molar-refractivity contribution in [2.24, 2.45) is 5.10 Å². The van der Waals surface area contributed by atoms with E-state index in [0.29, 0.717) is 5.56 Å². The number of hydrogen-bond acceptors (Lipinski definition) is 3. The Hall–Kier alpha value is -2.14. The van der Waals surface area contributed by atoms with Gasteiger partial charge in [0.05, 0.1) is 6.21 Å². The number of carbonyl (C=O) groups is 1. The summed E-state index contributed by atoms with van der Waals surface area (Å²) in [7, 11) is 0. The molecule has 1 amide bonds. The van der Waals surface area contributed by atoms with Crippen molar-refractivity contribution in [2.75, 3.05) is 18.0 Å². The number of nitrogens with zero attached hydrogens (tertiary/aromatic N) is 2. The van der Waals surface area contributed by atoms with Crippen LogP contribution in [0.1, 0.15) is 29.8 Å². The quantitative estimate of drug-likeness (QED) is 0.612. The van der Waals surface area contributed by atoms with Gasteiger partial charge in [0.15, 0.2) is 0 Å². The SMILES string of the molecule is CCN(CC)c1ccc(C(=O)N/N=C\c2ccccc2Br)cc1. The first-order valence-corrected chi connectivity index (χ1v) is 8.38. The molecule has 0 unspecified atom stereocenters. The monoisotopic (exact) mass is 373 g/mol. The van der Waals surface area contributed by atoms with Crippen LogP contribution in [-0.4, -0.2) is 25.2 Å². The largest absolute Gasteiger partial charge is 0.372 e. The number of carbonyl (C=O) groups excluding carboxylic acids is 1. The van der Waals surface area contributed by atoms with Gasteiger partial charge in [-0.1, -0.05) is 34.1 Å². The van der Waals surface area contributed by atoms with Crippen LogP contribution in [0.5, 0.6) is 0 Å². The fourth-order valence-electron chi connectivity index (χ4n) is 2.22. The van der Waals surface area contributed by atoms with Crippen molar-refractivity contribution >= 4 is 33.7 Å². The van der Waals surface area contributed by atoms with Crippen molar-refractivity contribution in [1.82, 2.24) is 5.43 Å². The van der Waals surface area contributed by atoms with E-state index in [0.717, 1.165) is 28.8 Å². The predicted octanol–water partition coefficient (Wildman–Crippen LogP) is 4.06. The fourth-order valence-corrected chi connectivity index (χ4v) is 2.60. The Kier molecular flexibility index (Phi) is 6.35. The van der Waals surface area contributed by atoms with Gasteiger partial charge in [0.2, 0.25) is 0 Å². The molecular formula is C18H20BrN3O. The zero-order valence-electron chi connectivity index (χ0n) is 13.3. The first-order chi connectivity index (χ1) is 11.2. The lowest BCUT2D eigenvalue weighted by Gasteiger charge is -2.20. The molecule has 0 heterocycles. The molecule has 1 N–H and O–H groups in total. The Morgan fingerprint density at radius 2 is 1.78 bits per heavy atom. The Labute approximate surface area is 145 Å². The molecule has 2 aromatic carbocycles. The molecule has 120 valence electrons. The first-order valence-electron chi connectivity index (χ1n) is 7.58. The van der Waals surface area contributed by atoms with Gasteiger partial charge in [-0.05, 0) is 44.2 Å². The number of halogens is 1. The smallest absolute Gasteiger partial charge is 0.271 e. The number of anilines is 1. The Morgan fingerprint density at radius 1 is 1.13 bits per heavy atom. The topological polar surface area (TPSA) is 44.7 Å². The zero-order valence-corrected chi connectivity index (χ0v) is 14.9. The summed E-state index contributed by atoms with van der Waals surface area (Å²) in [6, 6.07) is 15.2. The van der Waals surface area contributed by atoms with E-state index in [1.165, 1.54) is 0 Å². The second-order valence-electron chi connectivity index (χ2n) is 4.94. The number of amides is 1. The first kappa shape index (κ1) is 17.2. The lowest BCUT2D eigenvalue weighted by molar-refractivity contribution is 0.0955. The van der Waals surface area contributed by atoms with Gasteiger partial charge < -0.3 is 4.90 Å². The number of benzene rings is 2. The lowest BCUT2D eigenvalue weighted by atomic mass is 10.2. The molecule has 0 aliphatic rings. The normalized spacial score (nSPS) is 10.7. The highest BCUT2D eigenvalue weighted by atomic mass is 79.9. The highest BCUT2D eigenvalue weighted by molar-refractivity contribution is 9.10. The predicted molar refractivity (Wildman–Crippen MR) is 99.2 cm³/mol. The molecule has 0 saturated heterocycles. The number of hydrogen-bond donors (Lipinski definition) is 1. The molecule has 0 radical (unpaired) electrons. The molecule has 2 rings (SSSR count). The minimum Gasteiger partial charge on any atom is -0.372 e. The summed E-state index contributed by atoms with van der Waals surface area (Å²) in [6.07, 6.45) is 1.62. The van der Waals surface area contributed by atoms with E-state index in [-0.39, 0.29) is 5.91 Å². The molecule has 0 aromatic heterocycles. The van der Waals surface area contributed by atoms with Gasteiger partial charge in [0.25, 0.3) is 5.91 Å². The van der Waals surface area contributed by atoms with E-state index < -0.39 is 0 Å². The molecule has 2 aromatic rings. The van der Waals surface area contributed by atoms with E-state index in [9.17, 15) is 4.79 Å². The van der Waals surface area contributed by atoms with Crippen LogP contribution in [0.2, 0.25) is 0 Å². The average molecular weight is 374 g/mol. The van der Waals surface area contributed by atoms with Gasteiger partial charge in [-0.25, -0.2) is 5.43 Å². The Balaban J connectivity index is 2.00. The van der Waals surface area contributed by atoms with E-state index >= 15 is 0 Å². The molecule has 5 heteroatoms. The van der Waals surface area contributed by atoms with Gasteiger partial charge in [0, 0.05) is 34.4 Å². The molecular weight excluding hydrogens is 354 g/mol. The van der Waals surface area contributed by atoms with E-state index in [2.05, 4.69) is 45.2 Å². The summed E-state index contributed by atoms with van der Waals surface area (Å²) >= 11 is 3.43. The molecule has 4 nitrogen and oxygen atoms in total.